The molecule has 166 valence electrons. The van der Waals surface area contributed by atoms with Crippen LogP contribution in [0.25, 0.3) is 0 Å². The molecular formula is C25H23FO6. The minimum atomic E-state index is -0.530. The normalized spacial score (nSPS) is 16.6. The Morgan fingerprint density at radius 3 is 2.22 bits per heavy atom. The lowest BCUT2D eigenvalue weighted by Gasteiger charge is -2.22. The molecule has 0 saturated heterocycles. The molecule has 0 N–H and O–H groups in total. The summed E-state index contributed by atoms with van der Waals surface area (Å²) in [6.45, 7) is 0.0779. The van der Waals surface area contributed by atoms with Crippen LogP contribution in [0.5, 0.6) is 23.0 Å². The van der Waals surface area contributed by atoms with Crippen molar-refractivity contribution in [1.82, 2.24) is 0 Å². The van der Waals surface area contributed by atoms with Gasteiger partial charge >= 0.3 is 5.97 Å². The van der Waals surface area contributed by atoms with Gasteiger partial charge in [-0.3, -0.25) is 0 Å². The van der Waals surface area contributed by atoms with Gasteiger partial charge in [0, 0.05) is 11.1 Å². The Hall–Kier alpha value is -3.74. The fourth-order valence-electron chi connectivity index (χ4n) is 3.85. The van der Waals surface area contributed by atoms with Gasteiger partial charge in [-0.1, -0.05) is 18.2 Å². The maximum atomic E-state index is 13.2. The molecule has 0 fully saturated rings. The highest BCUT2D eigenvalue weighted by molar-refractivity contribution is 5.89. The van der Waals surface area contributed by atoms with E-state index in [-0.39, 0.29) is 18.1 Å². The first-order valence-electron chi connectivity index (χ1n) is 10.0. The minimum Gasteiger partial charge on any atom is -0.493 e. The van der Waals surface area contributed by atoms with Gasteiger partial charge in [0.05, 0.1) is 32.8 Å². The Morgan fingerprint density at radius 2 is 1.59 bits per heavy atom. The summed E-state index contributed by atoms with van der Waals surface area (Å²) < 4.78 is 41.4. The maximum absolute atomic E-state index is 13.2. The molecule has 0 aromatic heterocycles. The summed E-state index contributed by atoms with van der Waals surface area (Å²) in [5.74, 6) is 0.994. The number of rotatable bonds is 7. The summed E-state index contributed by atoms with van der Waals surface area (Å²) in [5, 5.41) is 0. The first-order chi connectivity index (χ1) is 15.5. The lowest BCUT2D eigenvalue weighted by atomic mass is 9.91. The number of halogens is 1. The van der Waals surface area contributed by atoms with Crippen molar-refractivity contribution in [3.63, 3.8) is 0 Å². The van der Waals surface area contributed by atoms with Crippen LogP contribution < -0.4 is 18.9 Å². The van der Waals surface area contributed by atoms with Gasteiger partial charge in [0.15, 0.2) is 11.5 Å². The molecule has 7 heteroatoms. The van der Waals surface area contributed by atoms with Gasteiger partial charge in [0.2, 0.25) is 5.75 Å². The van der Waals surface area contributed by atoms with Gasteiger partial charge in [-0.25, -0.2) is 9.18 Å². The van der Waals surface area contributed by atoms with Crippen LogP contribution >= 0.6 is 0 Å². The summed E-state index contributed by atoms with van der Waals surface area (Å²) in [6.07, 6.45) is -0.442. The molecule has 1 aliphatic rings. The molecule has 1 heterocycles. The number of ether oxygens (including phenoxy) is 5. The molecule has 0 aliphatic carbocycles. The molecule has 3 aromatic carbocycles. The topological polar surface area (TPSA) is 63.2 Å². The second-order valence-electron chi connectivity index (χ2n) is 7.25. The fourth-order valence-corrected chi connectivity index (χ4v) is 3.85. The Bertz CT molecular complexity index is 1090. The number of carbonyl (C=O) groups is 1. The van der Waals surface area contributed by atoms with Crippen molar-refractivity contribution in [2.24, 2.45) is 0 Å². The van der Waals surface area contributed by atoms with Crippen LogP contribution in [0.2, 0.25) is 0 Å². The second kappa shape index (κ2) is 9.18. The standard InChI is InChI=1S/C25H23FO6/c1-28-21-12-16(13-22(29-2)24(21)30-3)23-19(18-6-4-5-7-20(18)32-23)14-31-25(27)15-8-10-17(26)11-9-15/h4-13,19,23H,14H2,1-3H3. The van der Waals surface area contributed by atoms with Crippen LogP contribution in [-0.2, 0) is 4.74 Å². The second-order valence-corrected chi connectivity index (χ2v) is 7.25. The van der Waals surface area contributed by atoms with Gasteiger partial charge in [0.25, 0.3) is 0 Å². The number of carbonyl (C=O) groups excluding carboxylic acids is 1. The monoisotopic (exact) mass is 438 g/mol. The number of esters is 1. The third-order valence-electron chi connectivity index (χ3n) is 5.43. The molecule has 0 bridgehead atoms. The number of benzene rings is 3. The van der Waals surface area contributed by atoms with E-state index in [4.69, 9.17) is 23.7 Å². The summed E-state index contributed by atoms with van der Waals surface area (Å²) >= 11 is 0. The predicted octanol–water partition coefficient (Wildman–Crippen LogP) is 4.93. The van der Waals surface area contributed by atoms with E-state index in [1.807, 2.05) is 36.4 Å². The average molecular weight is 438 g/mol. The molecule has 0 spiro atoms. The van der Waals surface area contributed by atoms with Crippen LogP contribution in [0.4, 0.5) is 4.39 Å². The molecule has 2 unspecified atom stereocenters. The molecule has 1 aliphatic heterocycles. The molecular weight excluding hydrogens is 415 g/mol. The van der Waals surface area contributed by atoms with Crippen molar-refractivity contribution in [1.29, 1.82) is 0 Å². The highest BCUT2D eigenvalue weighted by Crippen LogP contribution is 2.49. The molecule has 0 amide bonds. The maximum Gasteiger partial charge on any atom is 0.338 e. The smallest absolute Gasteiger partial charge is 0.338 e. The summed E-state index contributed by atoms with van der Waals surface area (Å²) in [5.41, 5.74) is 2.00. The molecule has 4 rings (SSSR count). The fraction of sp³-hybridized carbons (Fsp3) is 0.240. The SMILES string of the molecule is COc1cc(C2Oc3ccccc3C2COC(=O)c2ccc(F)cc2)cc(OC)c1OC. The van der Waals surface area contributed by atoms with E-state index in [1.54, 1.807) is 21.3 Å². The molecule has 0 saturated carbocycles. The van der Waals surface area contributed by atoms with E-state index in [0.29, 0.717) is 23.0 Å². The summed E-state index contributed by atoms with van der Waals surface area (Å²) in [4.78, 5) is 12.5. The molecule has 32 heavy (non-hydrogen) atoms. The van der Waals surface area contributed by atoms with Crippen LogP contribution in [0.1, 0.15) is 33.5 Å². The third kappa shape index (κ3) is 4.06. The highest BCUT2D eigenvalue weighted by Gasteiger charge is 2.37. The number of para-hydroxylation sites is 1. The van der Waals surface area contributed by atoms with Crippen molar-refractivity contribution in [3.05, 3.63) is 83.2 Å². The molecule has 2 atom stereocenters. The van der Waals surface area contributed by atoms with E-state index >= 15 is 0 Å². The molecule has 6 nitrogen and oxygen atoms in total. The predicted molar refractivity (Wildman–Crippen MR) is 115 cm³/mol. The van der Waals surface area contributed by atoms with Gasteiger partial charge < -0.3 is 23.7 Å². The highest BCUT2D eigenvalue weighted by atomic mass is 19.1. The average Bonchev–Trinajstić information content (AvgIpc) is 3.20. The van der Waals surface area contributed by atoms with E-state index < -0.39 is 17.9 Å². The van der Waals surface area contributed by atoms with Crippen LogP contribution in [0.3, 0.4) is 0 Å². The van der Waals surface area contributed by atoms with Crippen molar-refractivity contribution < 1.29 is 32.9 Å². The van der Waals surface area contributed by atoms with Crippen molar-refractivity contribution in [2.45, 2.75) is 12.0 Å². The Balaban J connectivity index is 1.64. The van der Waals surface area contributed by atoms with E-state index in [9.17, 15) is 9.18 Å². The zero-order valence-electron chi connectivity index (χ0n) is 18.0. The third-order valence-corrected chi connectivity index (χ3v) is 5.43. The van der Waals surface area contributed by atoms with Gasteiger partial charge in [0.1, 0.15) is 24.3 Å². The molecule has 0 radical (unpaired) electrons. The summed E-state index contributed by atoms with van der Waals surface area (Å²) in [7, 11) is 4.64. The van der Waals surface area contributed by atoms with Gasteiger partial charge in [-0.15, -0.1) is 0 Å². The number of hydrogen-bond acceptors (Lipinski definition) is 6. The van der Waals surface area contributed by atoms with Crippen molar-refractivity contribution in [2.75, 3.05) is 27.9 Å². The Kier molecular flexibility index (Phi) is 6.16. The van der Waals surface area contributed by atoms with Gasteiger partial charge in [-0.05, 0) is 42.5 Å². The zero-order valence-corrected chi connectivity index (χ0v) is 18.0. The zero-order chi connectivity index (χ0) is 22.7. The van der Waals surface area contributed by atoms with Crippen molar-refractivity contribution in [3.8, 4) is 23.0 Å². The number of methoxy groups -OCH3 is 3. The van der Waals surface area contributed by atoms with E-state index in [2.05, 4.69) is 0 Å². The van der Waals surface area contributed by atoms with E-state index in [1.165, 1.54) is 24.3 Å². The van der Waals surface area contributed by atoms with Crippen LogP contribution in [0.15, 0.2) is 60.7 Å². The lowest BCUT2D eigenvalue weighted by Crippen LogP contribution is -2.18. The molecule has 3 aromatic rings. The van der Waals surface area contributed by atoms with Gasteiger partial charge in [-0.2, -0.15) is 0 Å². The first kappa shape index (κ1) is 21.5. The first-order valence-corrected chi connectivity index (χ1v) is 10.0. The minimum absolute atomic E-state index is 0.0779. The quantitative estimate of drug-likeness (QED) is 0.488. The largest absolute Gasteiger partial charge is 0.493 e. The number of fused-ring (bicyclic) bond motifs is 1. The Labute approximate surface area is 185 Å². The van der Waals surface area contributed by atoms with Crippen molar-refractivity contribution >= 4 is 5.97 Å². The Morgan fingerprint density at radius 1 is 0.938 bits per heavy atom. The summed E-state index contributed by atoms with van der Waals surface area (Å²) in [6, 6.07) is 16.5. The lowest BCUT2D eigenvalue weighted by molar-refractivity contribution is 0.0430. The van der Waals surface area contributed by atoms with E-state index in [0.717, 1.165) is 11.1 Å². The van der Waals surface area contributed by atoms with Crippen LogP contribution in [-0.4, -0.2) is 33.9 Å². The number of hydrogen-bond donors (Lipinski definition) is 0. The van der Waals surface area contributed by atoms with Crippen LogP contribution in [0, 0.1) is 5.82 Å².